The van der Waals surface area contributed by atoms with Gasteiger partial charge in [-0.3, -0.25) is 0 Å². The largest absolute Gasteiger partial charge is 0.339 e. The first-order valence-corrected chi connectivity index (χ1v) is 7.80. The van der Waals surface area contributed by atoms with Crippen molar-refractivity contribution in [2.45, 2.75) is 76.2 Å². The van der Waals surface area contributed by atoms with Gasteiger partial charge < -0.3 is 10.3 Å². The van der Waals surface area contributed by atoms with Gasteiger partial charge in [0.2, 0.25) is 5.89 Å². The van der Waals surface area contributed by atoms with Gasteiger partial charge >= 0.3 is 0 Å². The fraction of sp³-hybridized carbons (Fsp3) is 0.867. The molecule has 4 heteroatoms. The summed E-state index contributed by atoms with van der Waals surface area (Å²) in [5, 5.41) is 4.19. The lowest BCUT2D eigenvalue weighted by Crippen LogP contribution is -2.48. The Balaban J connectivity index is 1.59. The average Bonchev–Trinajstić information content (AvgIpc) is 2.85. The van der Waals surface area contributed by atoms with E-state index in [1.807, 2.05) is 0 Å². The number of rotatable bonds is 4. The van der Waals surface area contributed by atoms with E-state index in [0.29, 0.717) is 5.92 Å². The van der Waals surface area contributed by atoms with Crippen molar-refractivity contribution < 1.29 is 4.52 Å². The monoisotopic (exact) mass is 263 g/mol. The van der Waals surface area contributed by atoms with Crippen LogP contribution in [0.4, 0.5) is 0 Å². The molecule has 0 saturated heterocycles. The Kier molecular flexibility index (Phi) is 3.61. The summed E-state index contributed by atoms with van der Waals surface area (Å²) in [5.41, 5.74) is 6.17. The summed E-state index contributed by atoms with van der Waals surface area (Å²) >= 11 is 0. The number of nitrogens with two attached hydrogens (primary N) is 1. The third-order valence-electron chi connectivity index (χ3n) is 5.13. The van der Waals surface area contributed by atoms with Gasteiger partial charge in [-0.15, -0.1) is 0 Å². The van der Waals surface area contributed by atoms with Crippen molar-refractivity contribution in [3.8, 4) is 0 Å². The third kappa shape index (κ3) is 2.83. The molecule has 0 amide bonds. The Bertz CT molecular complexity index is 417. The van der Waals surface area contributed by atoms with E-state index in [0.717, 1.165) is 36.9 Å². The van der Waals surface area contributed by atoms with E-state index >= 15 is 0 Å². The van der Waals surface area contributed by atoms with Crippen LogP contribution in [0, 0.1) is 5.92 Å². The molecule has 0 bridgehead atoms. The van der Waals surface area contributed by atoms with Crippen molar-refractivity contribution in [2.24, 2.45) is 11.7 Å². The van der Waals surface area contributed by atoms with Gasteiger partial charge in [0.1, 0.15) is 0 Å². The zero-order chi connectivity index (χ0) is 13.3. The quantitative estimate of drug-likeness (QED) is 0.906. The summed E-state index contributed by atoms with van der Waals surface area (Å²) in [6, 6.07) is 0. The highest BCUT2D eigenvalue weighted by atomic mass is 16.5. The lowest BCUT2D eigenvalue weighted by atomic mass is 9.75. The van der Waals surface area contributed by atoms with Gasteiger partial charge in [-0.1, -0.05) is 18.5 Å². The maximum atomic E-state index is 6.23. The van der Waals surface area contributed by atoms with Crippen LogP contribution in [0.15, 0.2) is 4.52 Å². The fourth-order valence-electron chi connectivity index (χ4n) is 3.44. The van der Waals surface area contributed by atoms with Gasteiger partial charge in [-0.05, 0) is 50.9 Å². The van der Waals surface area contributed by atoms with Crippen molar-refractivity contribution in [2.75, 3.05) is 0 Å². The highest BCUT2D eigenvalue weighted by Gasteiger charge is 2.35. The molecule has 0 aromatic carbocycles. The number of nitrogens with zero attached hydrogens (tertiary/aromatic N) is 2. The van der Waals surface area contributed by atoms with Crippen molar-refractivity contribution in [3.63, 3.8) is 0 Å². The van der Waals surface area contributed by atoms with Crippen molar-refractivity contribution in [1.82, 2.24) is 10.1 Å². The molecule has 4 nitrogen and oxygen atoms in total. The number of aromatic nitrogens is 2. The van der Waals surface area contributed by atoms with Crippen molar-refractivity contribution in [3.05, 3.63) is 11.7 Å². The summed E-state index contributed by atoms with van der Waals surface area (Å²) in [6.07, 6.45) is 10.5. The van der Waals surface area contributed by atoms with E-state index in [4.69, 9.17) is 10.3 Å². The molecular formula is C15H25N3O. The van der Waals surface area contributed by atoms with Crippen LogP contribution in [-0.4, -0.2) is 15.7 Å². The van der Waals surface area contributed by atoms with E-state index in [1.165, 1.54) is 38.5 Å². The van der Waals surface area contributed by atoms with E-state index in [1.54, 1.807) is 0 Å². The minimum Gasteiger partial charge on any atom is -0.339 e. The normalized spacial score (nSPS) is 30.0. The van der Waals surface area contributed by atoms with Crippen LogP contribution in [0.1, 0.15) is 75.9 Å². The first-order chi connectivity index (χ1) is 9.18. The maximum absolute atomic E-state index is 6.23. The highest BCUT2D eigenvalue weighted by Crippen LogP contribution is 2.36. The van der Waals surface area contributed by atoms with Crippen LogP contribution in [0.2, 0.25) is 0 Å². The van der Waals surface area contributed by atoms with Crippen LogP contribution >= 0.6 is 0 Å². The predicted molar refractivity (Wildman–Crippen MR) is 73.8 cm³/mol. The summed E-state index contributed by atoms with van der Waals surface area (Å²) in [4.78, 5) is 4.59. The molecule has 1 aromatic heterocycles. The van der Waals surface area contributed by atoms with Crippen LogP contribution in [0.25, 0.3) is 0 Å². The second-order valence-corrected chi connectivity index (χ2v) is 6.56. The van der Waals surface area contributed by atoms with Crippen molar-refractivity contribution in [1.29, 1.82) is 0 Å². The summed E-state index contributed by atoms with van der Waals surface area (Å²) in [7, 11) is 0. The van der Waals surface area contributed by atoms with E-state index < -0.39 is 0 Å². The molecule has 106 valence electrons. The summed E-state index contributed by atoms with van der Waals surface area (Å²) in [5.74, 6) is 3.09. The van der Waals surface area contributed by atoms with E-state index in [2.05, 4.69) is 17.1 Å². The number of hydrogen-bond donors (Lipinski definition) is 1. The Hall–Kier alpha value is -0.900. The van der Waals surface area contributed by atoms with Gasteiger partial charge in [0.05, 0.1) is 0 Å². The molecule has 2 N–H and O–H groups in total. The Morgan fingerprint density at radius 3 is 2.58 bits per heavy atom. The Labute approximate surface area is 115 Å². The second kappa shape index (κ2) is 5.23. The molecule has 2 fully saturated rings. The van der Waals surface area contributed by atoms with Gasteiger partial charge in [0.25, 0.3) is 0 Å². The maximum Gasteiger partial charge on any atom is 0.228 e. The molecule has 0 unspecified atom stereocenters. The van der Waals surface area contributed by atoms with Crippen LogP contribution in [0.3, 0.4) is 0 Å². The Morgan fingerprint density at radius 2 is 2.00 bits per heavy atom. The lowest BCUT2D eigenvalue weighted by molar-refractivity contribution is 0.221. The topological polar surface area (TPSA) is 64.9 Å². The molecule has 1 heterocycles. The number of hydrogen-bond acceptors (Lipinski definition) is 4. The van der Waals surface area contributed by atoms with Crippen LogP contribution in [0.5, 0.6) is 0 Å². The minimum absolute atomic E-state index is 0.0658. The SMILES string of the molecule is CCC1CCC(c2noc(CC3(N)CCC3)n2)CC1. The molecule has 0 spiro atoms. The average molecular weight is 263 g/mol. The smallest absolute Gasteiger partial charge is 0.228 e. The van der Waals surface area contributed by atoms with Gasteiger partial charge in [0.15, 0.2) is 5.82 Å². The van der Waals surface area contributed by atoms with Gasteiger partial charge in [-0.25, -0.2) is 0 Å². The zero-order valence-corrected chi connectivity index (χ0v) is 11.9. The molecule has 0 aliphatic heterocycles. The molecule has 3 rings (SSSR count). The van der Waals surface area contributed by atoms with Gasteiger partial charge in [-0.2, -0.15) is 4.98 Å². The Morgan fingerprint density at radius 1 is 1.26 bits per heavy atom. The van der Waals surface area contributed by atoms with Crippen molar-refractivity contribution >= 4 is 0 Å². The third-order valence-corrected chi connectivity index (χ3v) is 5.13. The van der Waals surface area contributed by atoms with Crippen LogP contribution in [-0.2, 0) is 6.42 Å². The minimum atomic E-state index is -0.0658. The predicted octanol–water partition coefficient (Wildman–Crippen LogP) is 3.18. The highest BCUT2D eigenvalue weighted by molar-refractivity contribution is 5.03. The zero-order valence-electron chi connectivity index (χ0n) is 11.9. The van der Waals surface area contributed by atoms with E-state index in [9.17, 15) is 0 Å². The summed E-state index contributed by atoms with van der Waals surface area (Å²) in [6.45, 7) is 2.29. The molecule has 2 saturated carbocycles. The molecule has 1 aromatic rings. The molecular weight excluding hydrogens is 238 g/mol. The molecule has 19 heavy (non-hydrogen) atoms. The molecule has 0 radical (unpaired) electrons. The first kappa shape index (κ1) is 13.1. The van der Waals surface area contributed by atoms with Crippen LogP contribution < -0.4 is 5.73 Å². The van der Waals surface area contributed by atoms with Gasteiger partial charge in [0, 0.05) is 17.9 Å². The summed E-state index contributed by atoms with van der Waals surface area (Å²) < 4.78 is 5.40. The first-order valence-electron chi connectivity index (χ1n) is 7.80. The lowest BCUT2D eigenvalue weighted by Gasteiger charge is -2.36. The molecule has 0 atom stereocenters. The van der Waals surface area contributed by atoms with E-state index in [-0.39, 0.29) is 5.54 Å². The molecule has 2 aliphatic carbocycles. The second-order valence-electron chi connectivity index (χ2n) is 6.56. The molecule has 2 aliphatic rings. The fourth-order valence-corrected chi connectivity index (χ4v) is 3.44. The standard InChI is InChI=1S/C15H25N3O/c1-2-11-4-6-12(7-5-11)14-17-13(19-18-14)10-15(16)8-3-9-15/h11-12H,2-10,16H2,1H3.